The third-order valence-electron chi connectivity index (χ3n) is 2.89. The van der Waals surface area contributed by atoms with Crippen LogP contribution in [0.15, 0.2) is 0 Å². The molecule has 1 amide bonds. The maximum atomic E-state index is 11.4. The Labute approximate surface area is 106 Å². The predicted octanol–water partition coefficient (Wildman–Crippen LogP) is -0.404. The molecule has 1 heterocycles. The summed E-state index contributed by atoms with van der Waals surface area (Å²) >= 11 is 0. The van der Waals surface area contributed by atoms with Crippen LogP contribution in [0.5, 0.6) is 0 Å². The first-order chi connectivity index (χ1) is 8.36. The highest BCUT2D eigenvalue weighted by molar-refractivity contribution is 5.76. The molecule has 7 heteroatoms. The van der Waals surface area contributed by atoms with Gasteiger partial charge < -0.3 is 19.8 Å². The van der Waals surface area contributed by atoms with Gasteiger partial charge in [-0.3, -0.25) is 4.90 Å². The molecule has 0 aromatic carbocycles. The zero-order chi connectivity index (χ0) is 13.8. The van der Waals surface area contributed by atoms with Gasteiger partial charge in [0.2, 0.25) is 0 Å². The number of carbonyl (C=O) groups is 2. The summed E-state index contributed by atoms with van der Waals surface area (Å²) in [6.07, 6.45) is -0.345. The lowest BCUT2D eigenvalue weighted by atomic mass is 10.1. The van der Waals surface area contributed by atoms with Crippen LogP contribution >= 0.6 is 0 Å². The van der Waals surface area contributed by atoms with Gasteiger partial charge in [-0.25, -0.2) is 9.59 Å². The van der Waals surface area contributed by atoms with Crippen LogP contribution in [0, 0.1) is 0 Å². The largest absolute Gasteiger partial charge is 0.479 e. The molecule has 0 aromatic rings. The van der Waals surface area contributed by atoms with Crippen molar-refractivity contribution in [2.75, 3.05) is 39.3 Å². The van der Waals surface area contributed by atoms with Crippen LogP contribution in [0.3, 0.4) is 0 Å². The first-order valence-electron chi connectivity index (χ1n) is 5.96. The van der Waals surface area contributed by atoms with Crippen LogP contribution in [0.4, 0.5) is 4.79 Å². The van der Waals surface area contributed by atoms with E-state index in [4.69, 9.17) is 9.84 Å². The quantitative estimate of drug-likeness (QED) is 0.714. The summed E-state index contributed by atoms with van der Waals surface area (Å²) in [5, 5.41) is 18.5. The summed E-state index contributed by atoms with van der Waals surface area (Å²) in [6, 6.07) is 0. The molecule has 0 bridgehead atoms. The van der Waals surface area contributed by atoms with Crippen molar-refractivity contribution in [3.8, 4) is 0 Å². The van der Waals surface area contributed by atoms with E-state index in [-0.39, 0.29) is 12.6 Å². The minimum atomic E-state index is -1.76. The molecule has 1 saturated heterocycles. The second-order valence-electron chi connectivity index (χ2n) is 4.54. The van der Waals surface area contributed by atoms with Crippen molar-refractivity contribution in [1.82, 2.24) is 9.80 Å². The average molecular weight is 260 g/mol. The Balaban J connectivity index is 2.40. The first kappa shape index (κ1) is 14.7. The molecular formula is C11H20N2O5. The summed E-state index contributed by atoms with van der Waals surface area (Å²) in [6.45, 7) is 5.44. The normalized spacial score (nSPS) is 20.3. The minimum absolute atomic E-state index is 0.0546. The number of hydrogen-bond acceptors (Lipinski definition) is 5. The van der Waals surface area contributed by atoms with Gasteiger partial charge in [0.15, 0.2) is 5.60 Å². The highest BCUT2D eigenvalue weighted by atomic mass is 16.6. The van der Waals surface area contributed by atoms with Crippen LogP contribution in [0.1, 0.15) is 13.8 Å². The molecule has 0 spiro atoms. The summed E-state index contributed by atoms with van der Waals surface area (Å²) in [7, 11) is 0. The summed E-state index contributed by atoms with van der Waals surface area (Å²) in [4.78, 5) is 25.6. The van der Waals surface area contributed by atoms with Gasteiger partial charge in [0.1, 0.15) is 0 Å². The Morgan fingerprint density at radius 3 is 2.28 bits per heavy atom. The van der Waals surface area contributed by atoms with Crippen LogP contribution in [0.2, 0.25) is 0 Å². The van der Waals surface area contributed by atoms with E-state index in [9.17, 15) is 14.7 Å². The maximum absolute atomic E-state index is 11.4. The van der Waals surface area contributed by atoms with Gasteiger partial charge in [-0.2, -0.15) is 0 Å². The molecule has 1 aliphatic heterocycles. The molecule has 0 saturated carbocycles. The molecule has 18 heavy (non-hydrogen) atoms. The highest BCUT2D eigenvalue weighted by Crippen LogP contribution is 2.10. The fraction of sp³-hybridized carbons (Fsp3) is 0.818. The van der Waals surface area contributed by atoms with Crippen molar-refractivity contribution >= 4 is 12.1 Å². The number of aliphatic carboxylic acids is 1. The Morgan fingerprint density at radius 2 is 1.83 bits per heavy atom. The number of rotatable bonds is 4. The van der Waals surface area contributed by atoms with Gasteiger partial charge in [-0.15, -0.1) is 0 Å². The zero-order valence-corrected chi connectivity index (χ0v) is 10.8. The van der Waals surface area contributed by atoms with E-state index in [0.29, 0.717) is 32.8 Å². The fourth-order valence-corrected chi connectivity index (χ4v) is 1.81. The molecule has 1 rings (SSSR count). The van der Waals surface area contributed by atoms with E-state index in [1.54, 1.807) is 11.8 Å². The summed E-state index contributed by atoms with van der Waals surface area (Å²) in [5.41, 5.74) is -1.76. The molecule has 0 aliphatic carbocycles. The van der Waals surface area contributed by atoms with E-state index in [1.807, 2.05) is 4.90 Å². The van der Waals surface area contributed by atoms with Crippen LogP contribution in [-0.4, -0.2) is 77.0 Å². The summed E-state index contributed by atoms with van der Waals surface area (Å²) in [5.74, 6) is -1.24. The lowest BCUT2D eigenvalue weighted by molar-refractivity contribution is -0.158. The Bertz CT molecular complexity index is 311. The van der Waals surface area contributed by atoms with E-state index in [1.165, 1.54) is 6.92 Å². The van der Waals surface area contributed by atoms with Gasteiger partial charge in [0.05, 0.1) is 6.61 Å². The van der Waals surface area contributed by atoms with Gasteiger partial charge in [0, 0.05) is 32.7 Å². The van der Waals surface area contributed by atoms with Crippen molar-refractivity contribution in [1.29, 1.82) is 0 Å². The van der Waals surface area contributed by atoms with E-state index in [0.717, 1.165) is 0 Å². The van der Waals surface area contributed by atoms with Crippen molar-refractivity contribution < 1.29 is 24.5 Å². The topological polar surface area (TPSA) is 90.3 Å². The van der Waals surface area contributed by atoms with E-state index in [2.05, 4.69) is 0 Å². The number of hydrogen-bond donors (Lipinski definition) is 2. The van der Waals surface area contributed by atoms with Gasteiger partial charge in [0.25, 0.3) is 0 Å². The van der Waals surface area contributed by atoms with Crippen LogP contribution in [-0.2, 0) is 9.53 Å². The zero-order valence-electron chi connectivity index (χ0n) is 10.8. The molecule has 0 aromatic heterocycles. The van der Waals surface area contributed by atoms with Gasteiger partial charge >= 0.3 is 12.1 Å². The highest BCUT2D eigenvalue weighted by Gasteiger charge is 2.34. The molecule has 1 unspecified atom stereocenters. The Kier molecular flexibility index (Phi) is 4.92. The van der Waals surface area contributed by atoms with E-state index < -0.39 is 11.6 Å². The van der Waals surface area contributed by atoms with Crippen molar-refractivity contribution in [3.63, 3.8) is 0 Å². The SMILES string of the molecule is CCOC(=O)N1CCN(CC(C)(O)C(=O)O)CC1. The molecule has 1 fully saturated rings. The second kappa shape index (κ2) is 6.01. The van der Waals surface area contributed by atoms with Crippen molar-refractivity contribution in [2.24, 2.45) is 0 Å². The lowest BCUT2D eigenvalue weighted by Crippen LogP contribution is -2.54. The number of ether oxygens (including phenoxy) is 1. The van der Waals surface area contributed by atoms with Crippen molar-refractivity contribution in [3.05, 3.63) is 0 Å². The number of amides is 1. The number of carboxylic acids is 1. The number of carbonyl (C=O) groups excluding carboxylic acids is 1. The third kappa shape index (κ3) is 3.85. The fourth-order valence-electron chi connectivity index (χ4n) is 1.81. The number of nitrogens with zero attached hydrogens (tertiary/aromatic N) is 2. The Hall–Kier alpha value is -1.34. The molecule has 1 atom stereocenters. The second-order valence-corrected chi connectivity index (χ2v) is 4.54. The average Bonchev–Trinajstić information content (AvgIpc) is 2.29. The molecular weight excluding hydrogens is 240 g/mol. The Morgan fingerprint density at radius 1 is 1.28 bits per heavy atom. The monoisotopic (exact) mass is 260 g/mol. The lowest BCUT2D eigenvalue weighted by Gasteiger charge is -2.36. The molecule has 0 radical (unpaired) electrons. The smallest absolute Gasteiger partial charge is 0.409 e. The first-order valence-corrected chi connectivity index (χ1v) is 5.96. The maximum Gasteiger partial charge on any atom is 0.409 e. The van der Waals surface area contributed by atoms with Crippen LogP contribution < -0.4 is 0 Å². The number of piperazine rings is 1. The van der Waals surface area contributed by atoms with Crippen molar-refractivity contribution in [2.45, 2.75) is 19.4 Å². The number of aliphatic hydroxyl groups is 1. The third-order valence-corrected chi connectivity index (χ3v) is 2.89. The van der Waals surface area contributed by atoms with Gasteiger partial charge in [-0.1, -0.05) is 0 Å². The predicted molar refractivity (Wildman–Crippen MR) is 63.3 cm³/mol. The standard InChI is InChI=1S/C11H20N2O5/c1-3-18-10(16)13-6-4-12(5-7-13)8-11(2,17)9(14)15/h17H,3-8H2,1-2H3,(H,14,15). The number of carboxylic acid groups (broad SMARTS) is 1. The van der Waals surface area contributed by atoms with E-state index >= 15 is 0 Å². The number of β-amino-alcohol motifs (C(OH)–C–C–N with tert-alkyl or cyclic N) is 1. The molecule has 2 N–H and O–H groups in total. The van der Waals surface area contributed by atoms with Gasteiger partial charge in [-0.05, 0) is 13.8 Å². The summed E-state index contributed by atoms with van der Waals surface area (Å²) < 4.78 is 4.88. The molecule has 7 nitrogen and oxygen atoms in total. The molecule has 104 valence electrons. The molecule has 1 aliphatic rings. The van der Waals surface area contributed by atoms with Crippen LogP contribution in [0.25, 0.3) is 0 Å². The minimum Gasteiger partial charge on any atom is -0.479 e.